The van der Waals surface area contributed by atoms with Gasteiger partial charge in [-0.1, -0.05) is 15.9 Å². The van der Waals surface area contributed by atoms with Gasteiger partial charge in [0.2, 0.25) is 0 Å². The van der Waals surface area contributed by atoms with Crippen LogP contribution in [0.4, 0.5) is 0 Å². The highest BCUT2D eigenvalue weighted by Gasteiger charge is 2.18. The molecule has 0 aromatic heterocycles. The quantitative estimate of drug-likeness (QED) is 0.366. The smallest absolute Gasteiger partial charge is 0.375 e. The molecule has 9 heavy (non-hydrogen) atoms. The van der Waals surface area contributed by atoms with Crippen molar-refractivity contribution in [2.24, 2.45) is 0 Å². The van der Waals surface area contributed by atoms with Crippen LogP contribution in [0.5, 0.6) is 0 Å². The van der Waals surface area contributed by atoms with Gasteiger partial charge >= 0.3 is 5.97 Å². The third kappa shape index (κ3) is 2.60. The van der Waals surface area contributed by atoms with Gasteiger partial charge in [-0.15, -0.1) is 0 Å². The fourth-order valence-electron chi connectivity index (χ4n) is 0.263. The largest absolute Gasteiger partial charge is 0.463 e. The topological polar surface area (TPSA) is 43.4 Å². The minimum atomic E-state index is -0.806. The lowest BCUT2D eigenvalue weighted by atomic mass is 10.3. The lowest BCUT2D eigenvalue weighted by molar-refractivity contribution is -0.151. The highest BCUT2D eigenvalue weighted by atomic mass is 79.9. The molecule has 0 saturated heterocycles. The Hall–Kier alpha value is -0.380. The molecule has 0 bridgehead atoms. The van der Waals surface area contributed by atoms with E-state index < -0.39 is 16.6 Å². The number of rotatable bonds is 2. The zero-order chi connectivity index (χ0) is 7.44. The molecule has 0 radical (unpaired) electrons. The van der Waals surface area contributed by atoms with Gasteiger partial charge in [0.1, 0.15) is 0 Å². The fourth-order valence-corrected chi connectivity index (χ4v) is 0.450. The normalized spacial score (nSPS) is 12.3. The molecule has 0 heterocycles. The van der Waals surface area contributed by atoms with Crippen LogP contribution in [0.25, 0.3) is 0 Å². The Morgan fingerprint density at radius 2 is 2.00 bits per heavy atom. The number of ether oxygens (including phenoxy) is 1. The first-order valence-electron chi connectivity index (χ1n) is 2.35. The molecule has 0 rings (SSSR count). The predicted molar refractivity (Wildman–Crippen MR) is 35.4 cm³/mol. The first kappa shape index (κ1) is 8.62. The average molecular weight is 195 g/mol. The highest BCUT2D eigenvalue weighted by molar-refractivity contribution is 9.10. The molecule has 0 fully saturated rings. The Balaban J connectivity index is 3.89. The maximum Gasteiger partial charge on any atom is 0.375 e. The molecule has 0 amide bonds. The molecule has 0 aromatic rings. The van der Waals surface area contributed by atoms with Crippen molar-refractivity contribution in [3.63, 3.8) is 0 Å². The Kier molecular flexibility index (Phi) is 3.46. The summed E-state index contributed by atoms with van der Waals surface area (Å²) in [4.78, 5) is 20.5. The van der Waals surface area contributed by atoms with Gasteiger partial charge in [0.15, 0.2) is 0 Å². The number of hydrogen-bond acceptors (Lipinski definition) is 3. The maximum atomic E-state index is 10.6. The molecule has 0 unspecified atom stereocenters. The van der Waals surface area contributed by atoms with Gasteiger partial charge < -0.3 is 4.74 Å². The van der Waals surface area contributed by atoms with Crippen LogP contribution in [0.15, 0.2) is 0 Å². The number of halogens is 1. The second kappa shape index (κ2) is 3.61. The number of esters is 1. The number of methoxy groups -OCH3 is 1. The standard InChI is InChI=1S/C5H7BrO3/c1-3(6)4(7)5(8)9-2/h3H,1-2H3/t3-/m0/s1. The molecule has 0 N–H and O–H groups in total. The van der Waals surface area contributed by atoms with Crippen LogP contribution in [0.1, 0.15) is 6.92 Å². The fraction of sp³-hybridized carbons (Fsp3) is 0.600. The van der Waals surface area contributed by atoms with Crippen molar-refractivity contribution in [2.45, 2.75) is 11.8 Å². The number of carbonyl (C=O) groups excluding carboxylic acids is 2. The van der Waals surface area contributed by atoms with Crippen molar-refractivity contribution in [1.29, 1.82) is 0 Å². The summed E-state index contributed by atoms with van der Waals surface area (Å²) in [6.07, 6.45) is 0. The van der Waals surface area contributed by atoms with E-state index in [0.717, 1.165) is 0 Å². The summed E-state index contributed by atoms with van der Waals surface area (Å²) >= 11 is 2.93. The molecular weight excluding hydrogens is 188 g/mol. The summed E-state index contributed by atoms with van der Waals surface area (Å²) in [6.45, 7) is 1.57. The third-order valence-electron chi connectivity index (χ3n) is 0.748. The summed E-state index contributed by atoms with van der Waals surface area (Å²) in [5.74, 6) is -1.36. The van der Waals surface area contributed by atoms with Gasteiger partial charge in [-0.05, 0) is 6.92 Å². The second-order valence-electron chi connectivity index (χ2n) is 1.47. The van der Waals surface area contributed by atoms with Crippen LogP contribution >= 0.6 is 15.9 Å². The number of Topliss-reactive ketones (excluding diaryl/α,β-unsaturated/α-hetero) is 1. The molecule has 0 saturated carbocycles. The van der Waals surface area contributed by atoms with E-state index in [1.807, 2.05) is 0 Å². The average Bonchev–Trinajstić information content (AvgIpc) is 1.84. The lowest BCUT2D eigenvalue weighted by Gasteiger charge is -1.97. The van der Waals surface area contributed by atoms with Crippen LogP contribution in [0.3, 0.4) is 0 Å². The number of hydrogen-bond donors (Lipinski definition) is 0. The summed E-state index contributed by atoms with van der Waals surface area (Å²) in [6, 6.07) is 0. The maximum absolute atomic E-state index is 10.6. The van der Waals surface area contributed by atoms with Crippen molar-refractivity contribution in [2.75, 3.05) is 7.11 Å². The van der Waals surface area contributed by atoms with E-state index >= 15 is 0 Å². The molecular formula is C5H7BrO3. The summed E-state index contributed by atoms with van der Waals surface area (Å²) < 4.78 is 4.15. The van der Waals surface area contributed by atoms with Crippen molar-refractivity contribution in [1.82, 2.24) is 0 Å². The SMILES string of the molecule is COC(=O)C(=O)[C@H](C)Br. The second-order valence-corrected chi connectivity index (χ2v) is 2.85. The van der Waals surface area contributed by atoms with Gasteiger partial charge in [0, 0.05) is 0 Å². The van der Waals surface area contributed by atoms with Gasteiger partial charge in [0.25, 0.3) is 5.78 Å². The zero-order valence-electron chi connectivity index (χ0n) is 5.18. The Labute approximate surface area is 61.5 Å². The van der Waals surface area contributed by atoms with Crippen molar-refractivity contribution >= 4 is 27.7 Å². The van der Waals surface area contributed by atoms with Gasteiger partial charge in [-0.2, -0.15) is 0 Å². The van der Waals surface area contributed by atoms with Crippen molar-refractivity contribution in [3.8, 4) is 0 Å². The monoisotopic (exact) mass is 194 g/mol. The number of carbonyl (C=O) groups is 2. The van der Waals surface area contributed by atoms with E-state index in [1.54, 1.807) is 6.92 Å². The molecule has 0 spiro atoms. The number of alkyl halides is 1. The Morgan fingerprint density at radius 1 is 1.56 bits per heavy atom. The van der Waals surface area contributed by atoms with Gasteiger partial charge in [0.05, 0.1) is 11.9 Å². The van der Waals surface area contributed by atoms with Crippen molar-refractivity contribution < 1.29 is 14.3 Å². The molecule has 0 aliphatic heterocycles. The van der Waals surface area contributed by atoms with E-state index in [-0.39, 0.29) is 0 Å². The van der Waals surface area contributed by atoms with E-state index in [0.29, 0.717) is 0 Å². The molecule has 4 heteroatoms. The first-order chi connectivity index (χ1) is 4.09. The minimum absolute atomic E-state index is 0.454. The van der Waals surface area contributed by atoms with Crippen LogP contribution in [0.2, 0.25) is 0 Å². The minimum Gasteiger partial charge on any atom is -0.463 e. The molecule has 1 atom stereocenters. The molecule has 3 nitrogen and oxygen atoms in total. The van der Waals surface area contributed by atoms with Crippen LogP contribution < -0.4 is 0 Å². The summed E-state index contributed by atoms with van der Waals surface area (Å²) in [7, 11) is 1.18. The predicted octanol–water partition coefficient (Wildman–Crippen LogP) is 0.512. The summed E-state index contributed by atoms with van der Waals surface area (Å²) in [5.41, 5.74) is 0. The van der Waals surface area contributed by atoms with E-state index in [4.69, 9.17) is 0 Å². The zero-order valence-corrected chi connectivity index (χ0v) is 6.77. The van der Waals surface area contributed by atoms with Gasteiger partial charge in [-0.25, -0.2) is 4.79 Å². The molecule has 52 valence electrons. The summed E-state index contributed by atoms with van der Waals surface area (Å²) in [5, 5.41) is 0. The lowest BCUT2D eigenvalue weighted by Crippen LogP contribution is -2.22. The third-order valence-corrected chi connectivity index (χ3v) is 1.16. The van der Waals surface area contributed by atoms with Crippen molar-refractivity contribution in [3.05, 3.63) is 0 Å². The van der Waals surface area contributed by atoms with E-state index in [1.165, 1.54) is 7.11 Å². The number of ketones is 1. The van der Waals surface area contributed by atoms with E-state index in [9.17, 15) is 9.59 Å². The molecule has 0 aliphatic rings. The Bertz CT molecular complexity index is 130. The van der Waals surface area contributed by atoms with E-state index in [2.05, 4.69) is 20.7 Å². The first-order valence-corrected chi connectivity index (χ1v) is 3.27. The molecule has 0 aliphatic carbocycles. The van der Waals surface area contributed by atoms with Crippen LogP contribution in [-0.4, -0.2) is 23.7 Å². The van der Waals surface area contributed by atoms with Crippen LogP contribution in [-0.2, 0) is 14.3 Å². The highest BCUT2D eigenvalue weighted by Crippen LogP contribution is 1.99. The Morgan fingerprint density at radius 3 is 2.11 bits per heavy atom. The molecule has 0 aromatic carbocycles. The van der Waals surface area contributed by atoms with Gasteiger partial charge in [-0.3, -0.25) is 4.79 Å². The van der Waals surface area contributed by atoms with Crippen LogP contribution in [0, 0.1) is 0 Å².